The van der Waals surface area contributed by atoms with Gasteiger partial charge in [0.2, 0.25) is 15.3 Å². The molecule has 2 N–H and O–H groups in total. The lowest BCUT2D eigenvalue weighted by Crippen LogP contribution is -2.34. The van der Waals surface area contributed by atoms with E-state index in [-0.39, 0.29) is 23.6 Å². The van der Waals surface area contributed by atoms with Gasteiger partial charge in [0.15, 0.2) is 11.4 Å². The van der Waals surface area contributed by atoms with Gasteiger partial charge >= 0.3 is 0 Å². The number of nitrogens with one attached hydrogen (secondary N) is 2. The molecule has 2 rings (SSSR count). The molecule has 9 heteroatoms. The Morgan fingerprint density at radius 2 is 2.15 bits per heavy atom. The van der Waals surface area contributed by atoms with Crippen LogP contribution in [-0.2, 0) is 10.0 Å². The first kappa shape index (κ1) is 15.0. The molecule has 2 aromatic heterocycles. The fourth-order valence-electron chi connectivity index (χ4n) is 1.68. The number of hydrogen-bond donors (Lipinski definition) is 2. The number of sulfonamides is 1. The van der Waals surface area contributed by atoms with Crippen molar-refractivity contribution in [3.8, 4) is 0 Å². The molecule has 0 fully saturated rings. The molecule has 0 saturated carbocycles. The molecular formula is C11H15ClN4O3S. The number of rotatable bonds is 6. The Morgan fingerprint density at radius 3 is 2.85 bits per heavy atom. The standard InChI is InChI=1S/C11H15ClN4O3S/c1-7(2)16-20(17,18)6-4-13-10-9-8(3-5-19-9)14-11(12)15-10/h3,5,7,16H,4,6H2,1-2H3,(H,13,14,15). The zero-order chi connectivity index (χ0) is 14.8. The molecule has 20 heavy (non-hydrogen) atoms. The van der Waals surface area contributed by atoms with Gasteiger partial charge in [-0.2, -0.15) is 4.98 Å². The van der Waals surface area contributed by atoms with Crippen LogP contribution in [0.4, 0.5) is 5.82 Å². The van der Waals surface area contributed by atoms with Gasteiger partial charge in [0.1, 0.15) is 5.52 Å². The Kier molecular flexibility index (Phi) is 4.46. The summed E-state index contributed by atoms with van der Waals surface area (Å²) >= 11 is 5.78. The molecule has 0 atom stereocenters. The summed E-state index contributed by atoms with van der Waals surface area (Å²) < 4.78 is 31.1. The summed E-state index contributed by atoms with van der Waals surface area (Å²) in [5, 5.41) is 2.97. The second kappa shape index (κ2) is 5.94. The second-order valence-corrected chi connectivity index (χ2v) is 6.71. The summed E-state index contributed by atoms with van der Waals surface area (Å²) in [6, 6.07) is 1.52. The van der Waals surface area contributed by atoms with Crippen molar-refractivity contribution in [1.82, 2.24) is 14.7 Å². The molecule has 2 aromatic rings. The van der Waals surface area contributed by atoms with Gasteiger partial charge in [-0.3, -0.25) is 0 Å². The summed E-state index contributed by atoms with van der Waals surface area (Å²) in [6.45, 7) is 3.72. The molecule has 0 aliphatic carbocycles. The Bertz CT molecular complexity index is 699. The molecule has 0 spiro atoms. The van der Waals surface area contributed by atoms with Crippen molar-refractivity contribution in [3.05, 3.63) is 17.6 Å². The van der Waals surface area contributed by atoms with Crippen molar-refractivity contribution in [2.24, 2.45) is 0 Å². The van der Waals surface area contributed by atoms with Gasteiger partial charge < -0.3 is 9.73 Å². The van der Waals surface area contributed by atoms with Crippen molar-refractivity contribution in [1.29, 1.82) is 0 Å². The molecule has 7 nitrogen and oxygen atoms in total. The van der Waals surface area contributed by atoms with E-state index in [1.807, 2.05) is 0 Å². The minimum atomic E-state index is -3.32. The summed E-state index contributed by atoms with van der Waals surface area (Å²) in [4.78, 5) is 7.97. The largest absolute Gasteiger partial charge is 0.459 e. The molecule has 0 amide bonds. The van der Waals surface area contributed by atoms with Crippen LogP contribution in [0.1, 0.15) is 13.8 Å². The van der Waals surface area contributed by atoms with Crippen LogP contribution in [0, 0.1) is 0 Å². The van der Waals surface area contributed by atoms with Gasteiger partial charge in [0.25, 0.3) is 0 Å². The highest BCUT2D eigenvalue weighted by atomic mass is 35.5. The van der Waals surface area contributed by atoms with Crippen LogP contribution in [-0.4, -0.2) is 36.7 Å². The van der Waals surface area contributed by atoms with E-state index in [9.17, 15) is 8.42 Å². The van der Waals surface area contributed by atoms with Crippen LogP contribution in [0.2, 0.25) is 5.28 Å². The summed E-state index contributed by atoms with van der Waals surface area (Å²) in [6.07, 6.45) is 1.47. The number of anilines is 1. The lowest BCUT2D eigenvalue weighted by atomic mass is 10.4. The maximum absolute atomic E-state index is 11.7. The highest BCUT2D eigenvalue weighted by molar-refractivity contribution is 7.89. The molecule has 0 radical (unpaired) electrons. The van der Waals surface area contributed by atoms with Crippen molar-refractivity contribution < 1.29 is 12.8 Å². The number of aromatic nitrogens is 2. The fraction of sp³-hybridized carbons (Fsp3) is 0.455. The summed E-state index contributed by atoms with van der Waals surface area (Å²) in [5.41, 5.74) is 1.01. The summed E-state index contributed by atoms with van der Waals surface area (Å²) in [5.74, 6) is 0.305. The Labute approximate surface area is 121 Å². The Morgan fingerprint density at radius 1 is 1.40 bits per heavy atom. The number of furan rings is 1. The third-order valence-electron chi connectivity index (χ3n) is 2.35. The van der Waals surface area contributed by atoms with Gasteiger partial charge in [0, 0.05) is 18.7 Å². The van der Waals surface area contributed by atoms with E-state index in [0.29, 0.717) is 16.9 Å². The quantitative estimate of drug-likeness (QED) is 0.785. The second-order valence-electron chi connectivity index (χ2n) is 4.49. The third kappa shape index (κ3) is 3.81. The van der Waals surface area contributed by atoms with Crippen LogP contribution < -0.4 is 10.0 Å². The lowest BCUT2D eigenvalue weighted by molar-refractivity contribution is 0.570. The first-order valence-corrected chi connectivity index (χ1v) is 8.05. The first-order valence-electron chi connectivity index (χ1n) is 6.02. The minimum absolute atomic E-state index is 0.0737. The van der Waals surface area contributed by atoms with Gasteiger partial charge in [0.05, 0.1) is 12.0 Å². The molecule has 0 aliphatic heterocycles. The van der Waals surface area contributed by atoms with Crippen LogP contribution in [0.5, 0.6) is 0 Å². The molecule has 2 heterocycles. The van der Waals surface area contributed by atoms with Crippen LogP contribution in [0.3, 0.4) is 0 Å². The lowest BCUT2D eigenvalue weighted by Gasteiger charge is -2.10. The topological polar surface area (TPSA) is 97.1 Å². The van der Waals surface area contributed by atoms with E-state index in [4.69, 9.17) is 16.0 Å². The SMILES string of the molecule is CC(C)NS(=O)(=O)CCNc1nc(Cl)nc2ccoc12. The average molecular weight is 319 g/mol. The monoisotopic (exact) mass is 318 g/mol. The maximum Gasteiger partial charge on any atom is 0.225 e. The first-order chi connectivity index (χ1) is 9.37. The molecule has 0 aromatic carbocycles. The molecule has 0 unspecified atom stereocenters. The summed E-state index contributed by atoms with van der Waals surface area (Å²) in [7, 11) is -3.32. The van der Waals surface area contributed by atoms with Gasteiger partial charge in [-0.05, 0) is 25.4 Å². The smallest absolute Gasteiger partial charge is 0.225 e. The predicted octanol–water partition coefficient (Wildman–Crippen LogP) is 1.62. The molecule has 0 aliphatic rings. The van der Waals surface area contributed by atoms with Gasteiger partial charge in [-0.15, -0.1) is 0 Å². The molecule has 110 valence electrons. The van der Waals surface area contributed by atoms with E-state index in [1.165, 1.54) is 6.26 Å². The number of halogens is 1. The van der Waals surface area contributed by atoms with Crippen molar-refractivity contribution in [3.63, 3.8) is 0 Å². The fourth-order valence-corrected chi connectivity index (χ4v) is 3.06. The van der Waals surface area contributed by atoms with E-state index < -0.39 is 10.0 Å². The number of hydrogen-bond acceptors (Lipinski definition) is 6. The number of fused-ring (bicyclic) bond motifs is 1. The average Bonchev–Trinajstić information content (AvgIpc) is 2.74. The van der Waals surface area contributed by atoms with Crippen molar-refractivity contribution >= 4 is 38.5 Å². The van der Waals surface area contributed by atoms with Crippen LogP contribution >= 0.6 is 11.6 Å². The van der Waals surface area contributed by atoms with E-state index in [2.05, 4.69) is 20.0 Å². The zero-order valence-electron chi connectivity index (χ0n) is 11.1. The van der Waals surface area contributed by atoms with E-state index >= 15 is 0 Å². The minimum Gasteiger partial charge on any atom is -0.459 e. The van der Waals surface area contributed by atoms with Crippen molar-refractivity contribution in [2.45, 2.75) is 19.9 Å². The number of nitrogens with zero attached hydrogens (tertiary/aromatic N) is 2. The third-order valence-corrected chi connectivity index (χ3v) is 4.10. The van der Waals surface area contributed by atoms with Crippen LogP contribution in [0.25, 0.3) is 11.1 Å². The van der Waals surface area contributed by atoms with Crippen molar-refractivity contribution in [2.75, 3.05) is 17.6 Å². The molecule has 0 saturated heterocycles. The van der Waals surface area contributed by atoms with Crippen LogP contribution in [0.15, 0.2) is 16.7 Å². The molecular weight excluding hydrogens is 304 g/mol. The Hall–Kier alpha value is -1.38. The highest BCUT2D eigenvalue weighted by Gasteiger charge is 2.13. The van der Waals surface area contributed by atoms with E-state index in [0.717, 1.165) is 0 Å². The molecule has 0 bridgehead atoms. The van der Waals surface area contributed by atoms with Gasteiger partial charge in [-0.25, -0.2) is 18.1 Å². The predicted molar refractivity (Wildman–Crippen MR) is 77.4 cm³/mol. The van der Waals surface area contributed by atoms with E-state index in [1.54, 1.807) is 19.9 Å². The Balaban J connectivity index is 2.05. The van der Waals surface area contributed by atoms with Gasteiger partial charge in [-0.1, -0.05) is 0 Å². The highest BCUT2D eigenvalue weighted by Crippen LogP contribution is 2.22. The zero-order valence-corrected chi connectivity index (χ0v) is 12.6. The maximum atomic E-state index is 11.7. The normalized spacial score (nSPS) is 12.2.